The van der Waals surface area contributed by atoms with Crippen LogP contribution in [0.4, 0.5) is 5.69 Å². The van der Waals surface area contributed by atoms with Crippen LogP contribution in [-0.4, -0.2) is 44.3 Å². The third-order valence-electron chi connectivity index (χ3n) is 6.56. The zero-order chi connectivity index (χ0) is 25.7. The number of anilines is 1. The predicted molar refractivity (Wildman–Crippen MR) is 142 cm³/mol. The van der Waals surface area contributed by atoms with Crippen molar-refractivity contribution in [3.63, 3.8) is 0 Å². The number of nitrogens with zero attached hydrogens (tertiary/aromatic N) is 2. The van der Waals surface area contributed by atoms with Gasteiger partial charge in [0.2, 0.25) is 11.8 Å². The zero-order valence-electron chi connectivity index (χ0n) is 20.8. The Labute approximate surface area is 213 Å². The molecule has 36 heavy (non-hydrogen) atoms. The number of rotatable bonds is 11. The molecule has 0 radical (unpaired) electrons. The number of nitrogens with one attached hydrogen (secondary N) is 1. The van der Waals surface area contributed by atoms with Gasteiger partial charge in [0.05, 0.1) is 10.6 Å². The van der Waals surface area contributed by atoms with E-state index >= 15 is 0 Å². The third-order valence-corrected chi connectivity index (χ3v) is 8.42. The van der Waals surface area contributed by atoms with Crippen LogP contribution < -0.4 is 9.62 Å². The number of carbonyl (C=O) groups excluding carboxylic acids is 2. The van der Waals surface area contributed by atoms with Crippen LogP contribution in [-0.2, 0) is 26.2 Å². The maximum Gasteiger partial charge on any atom is 0.265 e. The molecule has 0 bridgehead atoms. The highest BCUT2D eigenvalue weighted by atomic mass is 32.2. The van der Waals surface area contributed by atoms with Crippen LogP contribution >= 0.6 is 0 Å². The van der Waals surface area contributed by atoms with Gasteiger partial charge in [0.1, 0.15) is 6.04 Å². The standard InChI is InChI=1S/C28H33N3O4S/c1-3-18-29-28(33)23(4-2)30(20-21-11-6-5-7-12-21)26(32)17-10-19-31-24-15-8-13-22-14-9-16-25(27(22)24)36(31,34)35/h5-9,11-16,23H,3-4,10,17-20H2,1-2H3,(H,29,33). The highest BCUT2D eigenvalue weighted by Gasteiger charge is 2.35. The number of sulfonamides is 1. The highest BCUT2D eigenvalue weighted by Crippen LogP contribution is 2.42. The van der Waals surface area contributed by atoms with Gasteiger partial charge in [-0.05, 0) is 42.3 Å². The molecule has 1 heterocycles. The Hall–Kier alpha value is -3.39. The van der Waals surface area contributed by atoms with Crippen molar-refractivity contribution >= 4 is 38.3 Å². The zero-order valence-corrected chi connectivity index (χ0v) is 21.6. The summed E-state index contributed by atoms with van der Waals surface area (Å²) in [6.45, 7) is 4.96. The van der Waals surface area contributed by atoms with Crippen molar-refractivity contribution in [2.24, 2.45) is 0 Å². The van der Waals surface area contributed by atoms with Crippen molar-refractivity contribution in [1.29, 1.82) is 0 Å². The van der Waals surface area contributed by atoms with Crippen LogP contribution in [0, 0.1) is 0 Å². The molecule has 7 nitrogen and oxygen atoms in total. The minimum Gasteiger partial charge on any atom is -0.354 e. The number of amides is 2. The van der Waals surface area contributed by atoms with Crippen molar-refractivity contribution in [2.75, 3.05) is 17.4 Å². The highest BCUT2D eigenvalue weighted by molar-refractivity contribution is 7.93. The summed E-state index contributed by atoms with van der Waals surface area (Å²) in [7, 11) is -3.67. The fourth-order valence-corrected chi connectivity index (χ4v) is 6.53. The first kappa shape index (κ1) is 25.7. The Bertz CT molecular complexity index is 1340. The lowest BCUT2D eigenvalue weighted by atomic mass is 10.1. The van der Waals surface area contributed by atoms with Crippen LogP contribution in [0.2, 0.25) is 0 Å². The number of hydrogen-bond donors (Lipinski definition) is 1. The Morgan fingerprint density at radius 1 is 0.972 bits per heavy atom. The minimum absolute atomic E-state index is 0.142. The molecule has 0 aliphatic carbocycles. The van der Waals surface area contributed by atoms with Crippen LogP contribution in [0.3, 0.4) is 0 Å². The Kier molecular flexibility index (Phi) is 7.94. The molecule has 0 aromatic heterocycles. The van der Waals surface area contributed by atoms with Crippen LogP contribution in [0.1, 0.15) is 45.1 Å². The second-order valence-corrected chi connectivity index (χ2v) is 10.9. The second kappa shape index (κ2) is 11.1. The van der Waals surface area contributed by atoms with Crippen molar-refractivity contribution in [2.45, 2.75) is 57.0 Å². The van der Waals surface area contributed by atoms with E-state index < -0.39 is 16.1 Å². The van der Waals surface area contributed by atoms with Gasteiger partial charge in [0.15, 0.2) is 0 Å². The lowest BCUT2D eigenvalue weighted by molar-refractivity contribution is -0.141. The fourth-order valence-electron chi connectivity index (χ4n) is 4.78. The van der Waals surface area contributed by atoms with Crippen molar-refractivity contribution in [3.8, 4) is 0 Å². The molecule has 2 amide bonds. The molecule has 8 heteroatoms. The van der Waals surface area contributed by atoms with Gasteiger partial charge in [-0.3, -0.25) is 13.9 Å². The van der Waals surface area contributed by atoms with Gasteiger partial charge in [-0.1, -0.05) is 68.4 Å². The lowest BCUT2D eigenvalue weighted by Crippen LogP contribution is -2.49. The van der Waals surface area contributed by atoms with E-state index in [-0.39, 0.29) is 24.8 Å². The normalized spacial score (nSPS) is 14.6. The van der Waals surface area contributed by atoms with Gasteiger partial charge in [0.25, 0.3) is 10.0 Å². The summed E-state index contributed by atoms with van der Waals surface area (Å²) in [6.07, 6.45) is 1.80. The van der Waals surface area contributed by atoms with Crippen molar-refractivity contribution in [1.82, 2.24) is 10.2 Å². The van der Waals surface area contributed by atoms with Crippen LogP contribution in [0.25, 0.3) is 10.8 Å². The summed E-state index contributed by atoms with van der Waals surface area (Å²) in [5.74, 6) is -0.322. The Morgan fingerprint density at radius 2 is 1.69 bits per heavy atom. The minimum atomic E-state index is -3.67. The molecule has 1 aliphatic rings. The summed E-state index contributed by atoms with van der Waals surface area (Å²) < 4.78 is 27.9. The fraction of sp³-hybridized carbons (Fsp3) is 0.357. The van der Waals surface area contributed by atoms with E-state index in [1.54, 1.807) is 17.0 Å². The van der Waals surface area contributed by atoms with Gasteiger partial charge in [-0.2, -0.15) is 0 Å². The smallest absolute Gasteiger partial charge is 0.265 e. The molecule has 190 valence electrons. The average molecular weight is 508 g/mol. The van der Waals surface area contributed by atoms with E-state index in [0.717, 1.165) is 22.8 Å². The number of carbonyl (C=O) groups is 2. The Balaban J connectivity index is 1.50. The Morgan fingerprint density at radius 3 is 2.39 bits per heavy atom. The summed E-state index contributed by atoms with van der Waals surface area (Å²) in [5.41, 5.74) is 1.60. The van der Waals surface area contributed by atoms with Gasteiger partial charge >= 0.3 is 0 Å². The monoisotopic (exact) mass is 507 g/mol. The van der Waals surface area contributed by atoms with E-state index in [1.807, 2.05) is 68.4 Å². The topological polar surface area (TPSA) is 86.8 Å². The summed E-state index contributed by atoms with van der Waals surface area (Å²) >= 11 is 0. The van der Waals surface area contributed by atoms with Gasteiger partial charge in [-0.15, -0.1) is 0 Å². The van der Waals surface area contributed by atoms with Gasteiger partial charge < -0.3 is 10.2 Å². The van der Waals surface area contributed by atoms with Crippen LogP contribution in [0.5, 0.6) is 0 Å². The van der Waals surface area contributed by atoms with E-state index in [2.05, 4.69) is 5.32 Å². The average Bonchev–Trinajstić information content (AvgIpc) is 3.11. The second-order valence-electron chi connectivity index (χ2n) is 9.03. The molecule has 3 aromatic carbocycles. The maximum absolute atomic E-state index is 13.4. The van der Waals surface area contributed by atoms with Gasteiger partial charge in [0, 0.05) is 31.4 Å². The molecular formula is C28H33N3O4S. The van der Waals surface area contributed by atoms with E-state index in [1.165, 1.54) is 4.31 Å². The molecule has 1 unspecified atom stereocenters. The lowest BCUT2D eigenvalue weighted by Gasteiger charge is -2.31. The van der Waals surface area contributed by atoms with Crippen molar-refractivity contribution in [3.05, 3.63) is 72.3 Å². The summed E-state index contributed by atoms with van der Waals surface area (Å²) in [6, 6.07) is 19.9. The first-order valence-corrected chi connectivity index (χ1v) is 14.0. The molecule has 0 saturated carbocycles. The molecule has 1 N–H and O–H groups in total. The number of benzene rings is 3. The molecule has 1 atom stereocenters. The largest absolute Gasteiger partial charge is 0.354 e. The molecule has 0 saturated heterocycles. The summed E-state index contributed by atoms with van der Waals surface area (Å²) in [5, 5.41) is 4.53. The quantitative estimate of drug-likeness (QED) is 0.415. The van der Waals surface area contributed by atoms with Gasteiger partial charge in [-0.25, -0.2) is 8.42 Å². The maximum atomic E-state index is 13.4. The van der Waals surface area contributed by atoms with Crippen LogP contribution in [0.15, 0.2) is 71.6 Å². The molecule has 0 fully saturated rings. The summed E-state index contributed by atoms with van der Waals surface area (Å²) in [4.78, 5) is 28.3. The SMILES string of the molecule is CCCNC(=O)C(CC)N(Cc1ccccc1)C(=O)CCCN1c2cccc3cccc(c23)S1(=O)=O. The van der Waals surface area contributed by atoms with E-state index in [9.17, 15) is 18.0 Å². The molecule has 4 rings (SSSR count). The molecule has 0 spiro atoms. The van der Waals surface area contributed by atoms with E-state index in [4.69, 9.17) is 0 Å². The first-order chi connectivity index (χ1) is 17.4. The predicted octanol–water partition coefficient (Wildman–Crippen LogP) is 4.46. The first-order valence-electron chi connectivity index (χ1n) is 12.5. The number of hydrogen-bond acceptors (Lipinski definition) is 4. The molecule has 1 aliphatic heterocycles. The third kappa shape index (κ3) is 5.09. The molecular weight excluding hydrogens is 474 g/mol. The molecule has 3 aromatic rings. The van der Waals surface area contributed by atoms with Crippen molar-refractivity contribution < 1.29 is 18.0 Å². The van der Waals surface area contributed by atoms with E-state index in [0.29, 0.717) is 36.5 Å².